The van der Waals surface area contributed by atoms with Gasteiger partial charge in [-0.1, -0.05) is 37.1 Å². The number of hydrogen-bond donors (Lipinski definition) is 1. The van der Waals surface area contributed by atoms with Gasteiger partial charge in [0.25, 0.3) is 5.91 Å². The largest absolute Gasteiger partial charge is 0.321 e. The van der Waals surface area contributed by atoms with E-state index in [1.165, 1.54) is 16.4 Å². The number of rotatable bonds is 6. The number of carbonyl (C=O) groups is 1. The van der Waals surface area contributed by atoms with Crippen LogP contribution in [-0.2, 0) is 10.0 Å². The minimum absolute atomic E-state index is 0.0481. The summed E-state index contributed by atoms with van der Waals surface area (Å²) in [5.41, 5.74) is 2.81. The third-order valence-corrected chi connectivity index (χ3v) is 9.33. The van der Waals surface area contributed by atoms with E-state index in [0.717, 1.165) is 46.5 Å². The van der Waals surface area contributed by atoms with E-state index in [0.29, 0.717) is 11.3 Å². The topological polar surface area (TPSA) is 79.4 Å². The second-order valence-electron chi connectivity index (χ2n) is 8.47. The fraction of sp³-hybridized carbons (Fsp3) is 0.231. The summed E-state index contributed by atoms with van der Waals surface area (Å²) in [7, 11) is -1.94. The van der Waals surface area contributed by atoms with Crippen LogP contribution >= 0.6 is 11.3 Å². The lowest BCUT2D eigenvalue weighted by atomic mass is 10.1. The van der Waals surface area contributed by atoms with E-state index in [2.05, 4.69) is 5.32 Å². The van der Waals surface area contributed by atoms with E-state index >= 15 is 0 Å². The zero-order chi connectivity index (χ0) is 23.7. The van der Waals surface area contributed by atoms with Gasteiger partial charge in [0, 0.05) is 24.2 Å². The molecule has 1 aliphatic rings. The Bertz CT molecular complexity index is 1410. The number of hydrogen-bond acceptors (Lipinski definition) is 5. The van der Waals surface area contributed by atoms with Crippen LogP contribution < -0.4 is 5.32 Å². The van der Waals surface area contributed by atoms with Gasteiger partial charge in [0.15, 0.2) is 0 Å². The third kappa shape index (κ3) is 4.36. The summed E-state index contributed by atoms with van der Waals surface area (Å²) in [5, 5.41) is 3.79. The number of sulfonamides is 1. The van der Waals surface area contributed by atoms with Gasteiger partial charge in [0.05, 0.1) is 20.8 Å². The molecule has 0 bridgehead atoms. The molecule has 1 fully saturated rings. The standard InChI is InChI=1S/C26H25N3O3S2/c1-29(19-8-2-3-9-19)34(31,32)20-16-14-18(15-17-20)25(30)27-22-11-5-4-10-21(22)26-28-23-12-6-7-13-24(23)33-26/h4-7,10-17,19H,2-3,8-9H2,1H3,(H,27,30). The van der Waals surface area contributed by atoms with Crippen LogP contribution in [0.5, 0.6) is 0 Å². The van der Waals surface area contributed by atoms with Crippen LogP contribution in [0.4, 0.5) is 5.69 Å². The number of benzene rings is 3. The van der Waals surface area contributed by atoms with Gasteiger partial charge < -0.3 is 5.32 Å². The van der Waals surface area contributed by atoms with E-state index in [1.807, 2.05) is 48.5 Å². The van der Waals surface area contributed by atoms with Gasteiger partial charge in [-0.2, -0.15) is 4.31 Å². The molecule has 1 aromatic heterocycles. The summed E-state index contributed by atoms with van der Waals surface area (Å²) < 4.78 is 28.5. The van der Waals surface area contributed by atoms with Gasteiger partial charge in [-0.3, -0.25) is 4.79 Å². The fourth-order valence-electron chi connectivity index (χ4n) is 4.37. The van der Waals surface area contributed by atoms with Crippen molar-refractivity contribution < 1.29 is 13.2 Å². The average molecular weight is 492 g/mol. The molecule has 8 heteroatoms. The van der Waals surface area contributed by atoms with Gasteiger partial charge in [-0.15, -0.1) is 11.3 Å². The first-order chi connectivity index (χ1) is 16.4. The molecule has 3 aromatic carbocycles. The van der Waals surface area contributed by atoms with Crippen molar-refractivity contribution >= 4 is 43.2 Å². The molecule has 1 aliphatic carbocycles. The second-order valence-corrected chi connectivity index (χ2v) is 11.5. The van der Waals surface area contributed by atoms with Crippen LogP contribution in [0.15, 0.2) is 77.7 Å². The number of amides is 1. The number of fused-ring (bicyclic) bond motifs is 1. The van der Waals surface area contributed by atoms with E-state index in [4.69, 9.17) is 4.98 Å². The highest BCUT2D eigenvalue weighted by Gasteiger charge is 2.30. The molecular weight excluding hydrogens is 466 g/mol. The predicted molar refractivity (Wildman–Crippen MR) is 137 cm³/mol. The third-order valence-electron chi connectivity index (χ3n) is 6.33. The molecular formula is C26H25N3O3S2. The smallest absolute Gasteiger partial charge is 0.255 e. The zero-order valence-corrected chi connectivity index (χ0v) is 20.4. The van der Waals surface area contributed by atoms with Gasteiger partial charge in [0.2, 0.25) is 10.0 Å². The molecule has 1 N–H and O–H groups in total. The lowest BCUT2D eigenvalue weighted by Gasteiger charge is -2.23. The van der Waals surface area contributed by atoms with Gasteiger partial charge in [-0.25, -0.2) is 13.4 Å². The SMILES string of the molecule is CN(C1CCCC1)S(=O)(=O)c1ccc(C(=O)Nc2ccccc2-c2nc3ccccc3s2)cc1. The Morgan fingerprint density at radius 2 is 1.65 bits per heavy atom. The quantitative estimate of drug-likeness (QED) is 0.371. The first kappa shape index (κ1) is 22.7. The van der Waals surface area contributed by atoms with Crippen molar-refractivity contribution in [3.05, 3.63) is 78.4 Å². The molecule has 0 radical (unpaired) electrons. The summed E-state index contributed by atoms with van der Waals surface area (Å²) in [6.07, 6.45) is 3.90. The number of anilines is 1. The first-order valence-electron chi connectivity index (χ1n) is 11.3. The molecule has 0 unspecified atom stereocenters. The summed E-state index contributed by atoms with van der Waals surface area (Å²) in [5.74, 6) is -0.304. The number of nitrogens with zero attached hydrogens (tertiary/aromatic N) is 2. The van der Waals surface area contributed by atoms with E-state index in [9.17, 15) is 13.2 Å². The Hall–Kier alpha value is -3.07. The molecule has 1 amide bonds. The highest BCUT2D eigenvalue weighted by atomic mass is 32.2. The summed E-state index contributed by atoms with van der Waals surface area (Å²) in [6, 6.07) is 21.7. The number of aromatic nitrogens is 1. The monoisotopic (exact) mass is 491 g/mol. The van der Waals surface area contributed by atoms with Crippen LogP contribution in [0.3, 0.4) is 0 Å². The highest BCUT2D eigenvalue weighted by molar-refractivity contribution is 7.89. The molecule has 34 heavy (non-hydrogen) atoms. The molecule has 5 rings (SSSR count). The van der Waals surface area contributed by atoms with Crippen LogP contribution in [0.25, 0.3) is 20.8 Å². The summed E-state index contributed by atoms with van der Waals surface area (Å²) >= 11 is 1.57. The van der Waals surface area contributed by atoms with Gasteiger partial charge in [0.1, 0.15) is 5.01 Å². The molecule has 0 saturated heterocycles. The maximum absolute atomic E-state index is 13.0. The van der Waals surface area contributed by atoms with Crippen LogP contribution in [-0.4, -0.2) is 36.7 Å². The fourth-order valence-corrected chi connectivity index (χ4v) is 6.79. The Morgan fingerprint density at radius 1 is 0.971 bits per heavy atom. The molecule has 174 valence electrons. The maximum Gasteiger partial charge on any atom is 0.255 e. The molecule has 1 saturated carbocycles. The van der Waals surface area contributed by atoms with Gasteiger partial charge in [-0.05, 0) is 61.4 Å². The van der Waals surface area contributed by atoms with E-state index < -0.39 is 10.0 Å². The Morgan fingerprint density at radius 3 is 2.38 bits per heavy atom. The van der Waals surface area contributed by atoms with Crippen molar-refractivity contribution in [2.75, 3.05) is 12.4 Å². The Labute approximate surface area is 203 Å². The predicted octanol–water partition coefficient (Wildman–Crippen LogP) is 5.78. The molecule has 0 spiro atoms. The number of para-hydroxylation sites is 2. The molecule has 4 aromatic rings. The van der Waals surface area contributed by atoms with Crippen LogP contribution in [0.2, 0.25) is 0 Å². The zero-order valence-electron chi connectivity index (χ0n) is 18.8. The normalized spacial score (nSPS) is 14.6. The lowest BCUT2D eigenvalue weighted by molar-refractivity contribution is 0.102. The molecule has 1 heterocycles. The van der Waals surface area contributed by atoms with Crippen molar-refractivity contribution in [1.82, 2.24) is 9.29 Å². The van der Waals surface area contributed by atoms with Crippen LogP contribution in [0, 0.1) is 0 Å². The second kappa shape index (κ2) is 9.29. The van der Waals surface area contributed by atoms with Crippen molar-refractivity contribution in [3.63, 3.8) is 0 Å². The van der Waals surface area contributed by atoms with E-state index in [-0.39, 0.29) is 16.8 Å². The van der Waals surface area contributed by atoms with E-state index in [1.54, 1.807) is 30.5 Å². The minimum Gasteiger partial charge on any atom is -0.321 e. The van der Waals surface area contributed by atoms with Gasteiger partial charge >= 0.3 is 0 Å². The molecule has 0 atom stereocenters. The minimum atomic E-state index is -3.58. The first-order valence-corrected chi connectivity index (χ1v) is 13.5. The Balaban J connectivity index is 1.36. The number of nitrogens with one attached hydrogen (secondary N) is 1. The lowest BCUT2D eigenvalue weighted by Crippen LogP contribution is -2.35. The maximum atomic E-state index is 13.0. The molecule has 0 aliphatic heterocycles. The number of carbonyl (C=O) groups excluding carboxylic acids is 1. The van der Waals surface area contributed by atoms with Crippen molar-refractivity contribution in [2.45, 2.75) is 36.6 Å². The van der Waals surface area contributed by atoms with Crippen LogP contribution in [0.1, 0.15) is 36.0 Å². The highest BCUT2D eigenvalue weighted by Crippen LogP contribution is 2.34. The average Bonchev–Trinajstić information content (AvgIpc) is 3.54. The number of thiazole rings is 1. The van der Waals surface area contributed by atoms with Crippen molar-refractivity contribution in [1.29, 1.82) is 0 Å². The summed E-state index contributed by atoms with van der Waals surface area (Å²) in [4.78, 5) is 17.9. The Kier molecular flexibility index (Phi) is 6.20. The van der Waals surface area contributed by atoms with Crippen molar-refractivity contribution in [3.8, 4) is 10.6 Å². The summed E-state index contributed by atoms with van der Waals surface area (Å²) in [6.45, 7) is 0. The van der Waals surface area contributed by atoms with Crippen molar-refractivity contribution in [2.24, 2.45) is 0 Å². The molecule has 6 nitrogen and oxygen atoms in total.